The number of carbonyl (C=O) groups is 2. The summed E-state index contributed by atoms with van der Waals surface area (Å²) in [5, 5.41) is 6.74. The summed E-state index contributed by atoms with van der Waals surface area (Å²) >= 11 is 6.16. The first kappa shape index (κ1) is 22.2. The summed E-state index contributed by atoms with van der Waals surface area (Å²) in [6, 6.07) is 14.7. The number of ketones is 1. The van der Waals surface area contributed by atoms with Crippen LogP contribution in [0.1, 0.15) is 36.5 Å². The van der Waals surface area contributed by atoms with Crippen LogP contribution >= 0.6 is 11.6 Å². The van der Waals surface area contributed by atoms with E-state index >= 15 is 0 Å². The number of halogens is 1. The number of amides is 1. The van der Waals surface area contributed by atoms with Crippen molar-refractivity contribution in [3.8, 4) is 11.3 Å². The monoisotopic (exact) mass is 473 g/mol. The van der Waals surface area contributed by atoms with E-state index in [1.165, 1.54) is 0 Å². The van der Waals surface area contributed by atoms with Gasteiger partial charge in [0.2, 0.25) is 5.91 Å². The molecular formula is C27H24ClN3O3. The first-order chi connectivity index (χ1) is 16.4. The summed E-state index contributed by atoms with van der Waals surface area (Å²) in [7, 11) is 0. The fourth-order valence-electron chi connectivity index (χ4n) is 4.74. The van der Waals surface area contributed by atoms with Gasteiger partial charge in [-0.3, -0.25) is 9.59 Å². The van der Waals surface area contributed by atoms with Crippen molar-refractivity contribution < 1.29 is 14.0 Å². The van der Waals surface area contributed by atoms with Crippen molar-refractivity contribution >= 4 is 29.1 Å². The van der Waals surface area contributed by atoms with E-state index in [0.717, 1.165) is 29.7 Å². The number of pyridine rings is 1. The van der Waals surface area contributed by atoms with Crippen LogP contribution in [0.25, 0.3) is 11.3 Å². The average molecular weight is 474 g/mol. The Morgan fingerprint density at radius 3 is 2.85 bits per heavy atom. The second-order valence-electron chi connectivity index (χ2n) is 8.69. The lowest BCUT2D eigenvalue weighted by molar-refractivity contribution is -0.120. The molecule has 2 unspecified atom stereocenters. The number of furan rings is 1. The second kappa shape index (κ2) is 8.95. The fourth-order valence-corrected chi connectivity index (χ4v) is 4.93. The molecule has 34 heavy (non-hydrogen) atoms. The molecule has 0 radical (unpaired) electrons. The molecule has 3 aromatic rings. The summed E-state index contributed by atoms with van der Waals surface area (Å²) in [5.74, 6) is -0.00456. The Kier molecular flexibility index (Phi) is 5.84. The molecule has 1 aliphatic carbocycles. The zero-order valence-corrected chi connectivity index (χ0v) is 19.5. The first-order valence-corrected chi connectivity index (χ1v) is 11.6. The number of rotatable bonds is 4. The standard InChI is InChI=1S/C27H24ClN3O3/c1-15-11-12-29-23(13-15)31-27(33)24-16(2)30-19-7-4-8-20(32)25(19)26(24)22-10-9-21(34-22)17-5-3-6-18(28)14-17/h3,5-6,9-14,24,26,30H,2,4,7-8H2,1H3,(H,29,31,33). The average Bonchev–Trinajstić information content (AvgIpc) is 3.28. The van der Waals surface area contributed by atoms with E-state index in [1.54, 1.807) is 18.3 Å². The van der Waals surface area contributed by atoms with Gasteiger partial charge >= 0.3 is 0 Å². The minimum Gasteiger partial charge on any atom is -0.460 e. The van der Waals surface area contributed by atoms with Crippen molar-refractivity contribution in [2.45, 2.75) is 32.1 Å². The van der Waals surface area contributed by atoms with Gasteiger partial charge in [-0.25, -0.2) is 4.98 Å². The molecule has 6 nitrogen and oxygen atoms in total. The van der Waals surface area contributed by atoms with E-state index in [9.17, 15) is 9.59 Å². The van der Waals surface area contributed by atoms with E-state index in [-0.39, 0.29) is 11.7 Å². The molecule has 172 valence electrons. The lowest BCUT2D eigenvalue weighted by atomic mass is 9.73. The minimum atomic E-state index is -0.749. The van der Waals surface area contributed by atoms with Gasteiger partial charge in [0.1, 0.15) is 17.3 Å². The highest BCUT2D eigenvalue weighted by atomic mass is 35.5. The van der Waals surface area contributed by atoms with E-state index in [1.807, 2.05) is 43.3 Å². The third-order valence-corrected chi connectivity index (χ3v) is 6.51. The smallest absolute Gasteiger partial charge is 0.235 e. The van der Waals surface area contributed by atoms with E-state index < -0.39 is 11.8 Å². The number of anilines is 1. The molecule has 1 aliphatic heterocycles. The molecule has 3 heterocycles. The molecule has 0 fully saturated rings. The number of benzene rings is 1. The van der Waals surface area contributed by atoms with Crippen LogP contribution in [0.5, 0.6) is 0 Å². The van der Waals surface area contributed by atoms with Crippen LogP contribution in [0, 0.1) is 12.8 Å². The molecule has 0 bridgehead atoms. The number of hydrogen-bond donors (Lipinski definition) is 2. The summed E-state index contributed by atoms with van der Waals surface area (Å²) in [6.07, 6.45) is 3.58. The summed E-state index contributed by atoms with van der Waals surface area (Å²) in [4.78, 5) is 30.9. The molecule has 5 rings (SSSR count). The molecule has 1 aromatic carbocycles. The molecule has 1 amide bonds. The van der Waals surface area contributed by atoms with Crippen molar-refractivity contribution in [1.29, 1.82) is 0 Å². The highest BCUT2D eigenvalue weighted by Crippen LogP contribution is 2.45. The SMILES string of the molecule is C=C1NC2=C(C(=O)CCC2)C(c2ccc(-c3cccc(Cl)c3)o2)C1C(=O)Nc1cc(C)ccn1. The fraction of sp³-hybridized carbons (Fsp3) is 0.222. The summed E-state index contributed by atoms with van der Waals surface area (Å²) in [5.41, 5.74) is 3.75. The number of Topliss-reactive ketones (excluding diaryl/α,β-unsaturated/α-hetero) is 1. The van der Waals surface area contributed by atoms with Gasteiger partial charge in [0.15, 0.2) is 5.78 Å². The Morgan fingerprint density at radius 1 is 1.21 bits per heavy atom. The topological polar surface area (TPSA) is 84.2 Å². The van der Waals surface area contributed by atoms with Crippen LogP contribution in [-0.4, -0.2) is 16.7 Å². The van der Waals surface area contributed by atoms with Gasteiger partial charge in [-0.15, -0.1) is 0 Å². The third kappa shape index (κ3) is 4.17. The number of carbonyl (C=O) groups excluding carboxylic acids is 2. The number of hydrogen-bond acceptors (Lipinski definition) is 5. The van der Waals surface area contributed by atoms with Crippen molar-refractivity contribution in [1.82, 2.24) is 10.3 Å². The molecule has 0 saturated carbocycles. The Morgan fingerprint density at radius 2 is 2.06 bits per heavy atom. The lowest BCUT2D eigenvalue weighted by Crippen LogP contribution is -2.42. The number of nitrogens with zero attached hydrogens (tertiary/aromatic N) is 1. The summed E-state index contributed by atoms with van der Waals surface area (Å²) in [6.45, 7) is 6.08. The Hall–Kier alpha value is -3.64. The maximum absolute atomic E-state index is 13.5. The van der Waals surface area contributed by atoms with Gasteiger partial charge in [-0.2, -0.15) is 0 Å². The van der Waals surface area contributed by atoms with Crippen LogP contribution in [0.2, 0.25) is 5.02 Å². The quantitative estimate of drug-likeness (QED) is 0.502. The van der Waals surface area contributed by atoms with Gasteiger partial charge in [0, 0.05) is 40.2 Å². The first-order valence-electron chi connectivity index (χ1n) is 11.2. The van der Waals surface area contributed by atoms with Crippen LogP contribution in [0.3, 0.4) is 0 Å². The number of aryl methyl sites for hydroxylation is 1. The molecule has 0 saturated heterocycles. The minimum absolute atomic E-state index is 0.0263. The van der Waals surface area contributed by atoms with Gasteiger partial charge in [0.05, 0.1) is 11.8 Å². The normalized spacial score (nSPS) is 20.1. The number of nitrogens with one attached hydrogen (secondary N) is 2. The van der Waals surface area contributed by atoms with Gasteiger partial charge in [0.25, 0.3) is 0 Å². The zero-order valence-electron chi connectivity index (χ0n) is 18.7. The molecule has 0 spiro atoms. The zero-order chi connectivity index (χ0) is 23.8. The Labute approximate surface area is 202 Å². The van der Waals surface area contributed by atoms with Gasteiger partial charge < -0.3 is 15.1 Å². The molecule has 2 N–H and O–H groups in total. The molecule has 7 heteroatoms. The van der Waals surface area contributed by atoms with Gasteiger partial charge in [-0.1, -0.05) is 30.3 Å². The number of allylic oxidation sites excluding steroid dienone is 2. The predicted molar refractivity (Wildman–Crippen MR) is 131 cm³/mol. The number of aromatic nitrogens is 1. The van der Waals surface area contributed by atoms with Gasteiger partial charge in [-0.05, 0) is 61.7 Å². The second-order valence-corrected chi connectivity index (χ2v) is 9.13. The van der Waals surface area contributed by atoms with E-state index in [4.69, 9.17) is 16.0 Å². The predicted octanol–water partition coefficient (Wildman–Crippen LogP) is 5.77. The van der Waals surface area contributed by atoms with Crippen molar-refractivity contribution in [2.75, 3.05) is 5.32 Å². The Balaban J connectivity index is 1.57. The van der Waals surface area contributed by atoms with E-state index in [0.29, 0.717) is 40.1 Å². The molecular weight excluding hydrogens is 450 g/mol. The van der Waals surface area contributed by atoms with Crippen molar-refractivity contribution in [3.63, 3.8) is 0 Å². The van der Waals surface area contributed by atoms with E-state index in [2.05, 4.69) is 22.2 Å². The van der Waals surface area contributed by atoms with Crippen LogP contribution in [-0.2, 0) is 9.59 Å². The highest BCUT2D eigenvalue weighted by molar-refractivity contribution is 6.30. The molecule has 2 atom stereocenters. The molecule has 2 aliphatic rings. The third-order valence-electron chi connectivity index (χ3n) is 6.28. The highest BCUT2D eigenvalue weighted by Gasteiger charge is 2.44. The maximum atomic E-state index is 13.5. The molecule has 2 aromatic heterocycles. The van der Waals surface area contributed by atoms with Crippen LogP contribution in [0.4, 0.5) is 5.82 Å². The van der Waals surface area contributed by atoms with Crippen LogP contribution < -0.4 is 10.6 Å². The van der Waals surface area contributed by atoms with Crippen molar-refractivity contribution in [2.24, 2.45) is 5.92 Å². The summed E-state index contributed by atoms with van der Waals surface area (Å²) < 4.78 is 6.25. The van der Waals surface area contributed by atoms with Crippen molar-refractivity contribution in [3.05, 3.63) is 94.6 Å². The Bertz CT molecular complexity index is 1340. The largest absolute Gasteiger partial charge is 0.460 e. The van der Waals surface area contributed by atoms with Crippen LogP contribution in [0.15, 0.2) is 82.7 Å². The maximum Gasteiger partial charge on any atom is 0.235 e. The lowest BCUT2D eigenvalue weighted by Gasteiger charge is -2.37.